The fourth-order valence-corrected chi connectivity index (χ4v) is 0.959. The molecule has 2 heteroatoms. The molecule has 0 aromatic rings. The van der Waals surface area contributed by atoms with Gasteiger partial charge in [0.05, 0.1) is 6.04 Å². The molecule has 0 aromatic carbocycles. The molecule has 0 amide bonds. The van der Waals surface area contributed by atoms with Gasteiger partial charge >= 0.3 is 0 Å². The van der Waals surface area contributed by atoms with Crippen LogP contribution in [0.15, 0.2) is 0 Å². The minimum absolute atomic E-state index is 0.0833. The Labute approximate surface area is 104 Å². The monoisotopic (exact) mass is 233 g/mol. The smallest absolute Gasteiger partial charge is 0.146 e. The van der Waals surface area contributed by atoms with E-state index in [1.165, 1.54) is 0 Å². The fourth-order valence-electron chi connectivity index (χ4n) is 0.959. The molecule has 0 fully saturated rings. The van der Waals surface area contributed by atoms with Crippen LogP contribution in [0.4, 0.5) is 0 Å². The van der Waals surface area contributed by atoms with Gasteiger partial charge in [0.2, 0.25) is 0 Å². The maximum atomic E-state index is 10.8. The number of Topliss-reactive ketones (excluding diaryl/α,β-unsaturated/α-hetero) is 1. The zero-order valence-corrected chi connectivity index (χ0v) is 13.1. The third-order valence-electron chi connectivity index (χ3n) is 1.69. The van der Waals surface area contributed by atoms with Crippen LogP contribution in [0.5, 0.6) is 0 Å². The Kier molecular flexibility index (Phi) is 45.3. The topological polar surface area (TPSA) is 29.1 Å². The van der Waals surface area contributed by atoms with Crippen molar-refractivity contribution in [3.05, 3.63) is 0 Å². The van der Waals surface area contributed by atoms with E-state index in [4.69, 9.17) is 0 Å². The highest BCUT2D eigenvalue weighted by atomic mass is 16.1. The van der Waals surface area contributed by atoms with E-state index in [1.807, 2.05) is 48.6 Å². The zero-order chi connectivity index (χ0) is 14.0. The van der Waals surface area contributed by atoms with Crippen molar-refractivity contribution in [1.29, 1.82) is 0 Å². The second-order valence-electron chi connectivity index (χ2n) is 2.59. The summed E-state index contributed by atoms with van der Waals surface area (Å²) in [5.74, 6) is 0.246. The molecule has 1 atom stereocenters. The first-order valence-corrected chi connectivity index (χ1v) is 6.90. The van der Waals surface area contributed by atoms with Gasteiger partial charge in [-0.2, -0.15) is 0 Å². The first kappa shape index (κ1) is 24.7. The molecule has 0 rings (SSSR count). The summed E-state index contributed by atoms with van der Waals surface area (Å²) in [6, 6.07) is 0.0833. The van der Waals surface area contributed by atoms with Crippen LogP contribution in [0.3, 0.4) is 0 Å². The van der Waals surface area contributed by atoms with E-state index in [0.29, 0.717) is 0 Å². The van der Waals surface area contributed by atoms with Crippen molar-refractivity contribution in [3.63, 3.8) is 0 Å². The SMILES string of the molecule is CC.CC.CC.CCCCC(NC)C(C)=O. The van der Waals surface area contributed by atoms with E-state index >= 15 is 0 Å². The van der Waals surface area contributed by atoms with Crippen LogP contribution in [0, 0.1) is 0 Å². The Balaban J connectivity index is -0.000000103. The third-order valence-corrected chi connectivity index (χ3v) is 1.69. The first-order valence-electron chi connectivity index (χ1n) is 6.90. The number of ketones is 1. The van der Waals surface area contributed by atoms with Gasteiger partial charge in [0.15, 0.2) is 0 Å². The largest absolute Gasteiger partial charge is 0.311 e. The summed E-state index contributed by atoms with van der Waals surface area (Å²) >= 11 is 0. The molecule has 1 N–H and O–H groups in total. The molecule has 0 heterocycles. The predicted molar refractivity (Wildman–Crippen MR) is 77.1 cm³/mol. The Hall–Kier alpha value is -0.370. The highest BCUT2D eigenvalue weighted by Crippen LogP contribution is 2.00. The van der Waals surface area contributed by atoms with E-state index in [0.717, 1.165) is 19.3 Å². The lowest BCUT2D eigenvalue weighted by Gasteiger charge is -2.10. The van der Waals surface area contributed by atoms with Crippen molar-refractivity contribution in [2.75, 3.05) is 7.05 Å². The summed E-state index contributed by atoms with van der Waals surface area (Å²) in [4.78, 5) is 10.8. The second-order valence-corrected chi connectivity index (χ2v) is 2.59. The number of hydrogen-bond acceptors (Lipinski definition) is 2. The minimum Gasteiger partial charge on any atom is -0.311 e. The standard InChI is InChI=1S/C8H17NO.3C2H6/c1-4-5-6-8(9-3)7(2)10;3*1-2/h8-9H,4-6H2,1-3H3;3*1-2H3. The molecule has 0 aliphatic carbocycles. The molecule has 0 radical (unpaired) electrons. The van der Waals surface area contributed by atoms with Gasteiger partial charge in [0, 0.05) is 0 Å². The Morgan fingerprint density at radius 1 is 1.06 bits per heavy atom. The lowest BCUT2D eigenvalue weighted by molar-refractivity contribution is -0.119. The Morgan fingerprint density at radius 3 is 1.62 bits per heavy atom. The fraction of sp³-hybridized carbons (Fsp3) is 0.929. The molecule has 0 aliphatic rings. The Morgan fingerprint density at radius 2 is 1.44 bits per heavy atom. The number of carbonyl (C=O) groups is 1. The highest BCUT2D eigenvalue weighted by Gasteiger charge is 2.08. The quantitative estimate of drug-likeness (QED) is 0.761. The molecule has 0 saturated carbocycles. The summed E-state index contributed by atoms with van der Waals surface area (Å²) in [7, 11) is 1.84. The Bertz CT molecular complexity index is 103. The maximum Gasteiger partial charge on any atom is 0.146 e. The number of likely N-dealkylation sites (N-methyl/N-ethyl adjacent to an activating group) is 1. The van der Waals surface area contributed by atoms with Crippen molar-refractivity contribution in [3.8, 4) is 0 Å². The van der Waals surface area contributed by atoms with Gasteiger partial charge in [-0.3, -0.25) is 4.79 Å². The first-order chi connectivity index (χ1) is 7.72. The van der Waals surface area contributed by atoms with Crippen LogP contribution in [-0.2, 0) is 4.79 Å². The van der Waals surface area contributed by atoms with Gasteiger partial charge in [-0.25, -0.2) is 0 Å². The van der Waals surface area contributed by atoms with E-state index in [-0.39, 0.29) is 11.8 Å². The summed E-state index contributed by atoms with van der Waals surface area (Å²) in [6.45, 7) is 15.8. The van der Waals surface area contributed by atoms with Crippen LogP contribution in [0.2, 0.25) is 0 Å². The maximum absolute atomic E-state index is 10.8. The number of carbonyl (C=O) groups excluding carboxylic acids is 1. The van der Waals surface area contributed by atoms with Crippen molar-refractivity contribution in [2.24, 2.45) is 0 Å². The van der Waals surface area contributed by atoms with Gasteiger partial charge in [-0.05, 0) is 20.4 Å². The van der Waals surface area contributed by atoms with Gasteiger partial charge in [-0.1, -0.05) is 61.3 Å². The lowest BCUT2D eigenvalue weighted by atomic mass is 10.1. The average Bonchev–Trinajstić information content (AvgIpc) is 2.37. The number of rotatable bonds is 5. The molecule has 0 spiro atoms. The van der Waals surface area contributed by atoms with E-state index in [9.17, 15) is 4.79 Å². The van der Waals surface area contributed by atoms with Gasteiger partial charge < -0.3 is 5.32 Å². The molecule has 0 saturated heterocycles. The normalized spacial score (nSPS) is 9.31. The summed E-state index contributed by atoms with van der Waals surface area (Å²) in [5, 5.41) is 2.99. The summed E-state index contributed by atoms with van der Waals surface area (Å²) in [6.07, 6.45) is 3.26. The third kappa shape index (κ3) is 23.4. The van der Waals surface area contributed by atoms with Crippen molar-refractivity contribution in [1.82, 2.24) is 5.32 Å². The van der Waals surface area contributed by atoms with E-state index < -0.39 is 0 Å². The van der Waals surface area contributed by atoms with Crippen molar-refractivity contribution < 1.29 is 4.79 Å². The second kappa shape index (κ2) is 29.3. The molecule has 0 aromatic heterocycles. The predicted octanol–water partition coefficient (Wildman–Crippen LogP) is 4.43. The molecular formula is C14H35NO. The van der Waals surface area contributed by atoms with E-state index in [1.54, 1.807) is 6.92 Å². The molecule has 16 heavy (non-hydrogen) atoms. The minimum atomic E-state index is 0.0833. The van der Waals surface area contributed by atoms with Crippen LogP contribution < -0.4 is 5.32 Å². The number of unbranched alkanes of at least 4 members (excludes halogenated alkanes) is 1. The average molecular weight is 233 g/mol. The molecule has 0 aliphatic heterocycles. The summed E-state index contributed by atoms with van der Waals surface area (Å²) in [5.41, 5.74) is 0. The van der Waals surface area contributed by atoms with E-state index in [2.05, 4.69) is 12.2 Å². The van der Waals surface area contributed by atoms with Crippen molar-refractivity contribution in [2.45, 2.75) is 80.7 Å². The van der Waals surface area contributed by atoms with Crippen LogP contribution >= 0.6 is 0 Å². The number of hydrogen-bond donors (Lipinski definition) is 1. The molecule has 2 nitrogen and oxygen atoms in total. The van der Waals surface area contributed by atoms with Gasteiger partial charge in [0.1, 0.15) is 5.78 Å². The lowest BCUT2D eigenvalue weighted by Crippen LogP contribution is -2.31. The van der Waals surface area contributed by atoms with Crippen LogP contribution in [-0.4, -0.2) is 18.9 Å². The number of nitrogens with one attached hydrogen (secondary N) is 1. The van der Waals surface area contributed by atoms with Gasteiger partial charge in [-0.15, -0.1) is 0 Å². The van der Waals surface area contributed by atoms with Crippen molar-refractivity contribution >= 4 is 5.78 Å². The molecular weight excluding hydrogens is 198 g/mol. The van der Waals surface area contributed by atoms with Crippen LogP contribution in [0.1, 0.15) is 74.7 Å². The molecule has 1 unspecified atom stereocenters. The van der Waals surface area contributed by atoms with Gasteiger partial charge in [0.25, 0.3) is 0 Å². The van der Waals surface area contributed by atoms with Crippen LogP contribution in [0.25, 0.3) is 0 Å². The summed E-state index contributed by atoms with van der Waals surface area (Å²) < 4.78 is 0. The molecule has 0 bridgehead atoms. The highest BCUT2D eigenvalue weighted by molar-refractivity contribution is 5.81. The molecule has 102 valence electrons. The zero-order valence-electron chi connectivity index (χ0n) is 13.1.